The highest BCUT2D eigenvalue weighted by molar-refractivity contribution is 6.09. The van der Waals surface area contributed by atoms with E-state index in [0.717, 1.165) is 17.7 Å². The molecule has 1 N–H and O–H groups in total. The van der Waals surface area contributed by atoms with E-state index in [-0.39, 0.29) is 11.4 Å². The summed E-state index contributed by atoms with van der Waals surface area (Å²) in [4.78, 5) is 12.2. The minimum Gasteiger partial charge on any atom is -0.493 e. The molecule has 3 aromatic rings. The van der Waals surface area contributed by atoms with Gasteiger partial charge in [-0.1, -0.05) is 29.4 Å². The molecule has 2 aromatic carbocycles. The van der Waals surface area contributed by atoms with E-state index in [2.05, 4.69) is 10.5 Å². The van der Waals surface area contributed by atoms with Crippen LogP contribution in [0.25, 0.3) is 6.08 Å². The van der Waals surface area contributed by atoms with Crippen molar-refractivity contribution in [3.8, 4) is 17.6 Å². The van der Waals surface area contributed by atoms with Crippen molar-refractivity contribution in [1.82, 2.24) is 5.16 Å². The van der Waals surface area contributed by atoms with E-state index in [9.17, 15) is 10.1 Å². The Labute approximate surface area is 180 Å². The van der Waals surface area contributed by atoms with Gasteiger partial charge in [0.15, 0.2) is 5.82 Å². The summed E-state index contributed by atoms with van der Waals surface area (Å²) >= 11 is 0. The molecule has 0 saturated heterocycles. The van der Waals surface area contributed by atoms with Gasteiger partial charge in [0.1, 0.15) is 28.9 Å². The number of carbonyl (C=O) groups excluding carboxylic acids is 1. The molecule has 0 atom stereocenters. The topological polar surface area (TPSA) is 97.4 Å². The van der Waals surface area contributed by atoms with Crippen LogP contribution >= 0.6 is 0 Å². The van der Waals surface area contributed by atoms with Crippen molar-refractivity contribution < 1.29 is 18.8 Å². The Hall–Kier alpha value is -4.05. The van der Waals surface area contributed by atoms with Crippen LogP contribution in [0.2, 0.25) is 0 Å². The zero-order chi connectivity index (χ0) is 22.1. The number of nitrogens with one attached hydrogen (secondary N) is 1. The third kappa shape index (κ3) is 6.75. The lowest BCUT2D eigenvalue weighted by atomic mass is 10.1. The van der Waals surface area contributed by atoms with Gasteiger partial charge in [0.05, 0.1) is 13.2 Å². The van der Waals surface area contributed by atoms with Gasteiger partial charge < -0.3 is 19.3 Å². The first-order valence-corrected chi connectivity index (χ1v) is 9.82. The predicted octanol–water partition coefficient (Wildman–Crippen LogP) is 4.69. The number of aryl methyl sites for hydroxylation is 2. The van der Waals surface area contributed by atoms with Crippen LogP contribution in [0, 0.1) is 25.2 Å². The first-order chi connectivity index (χ1) is 15.0. The molecule has 0 bridgehead atoms. The molecule has 7 nitrogen and oxygen atoms in total. The molecule has 1 amide bonds. The molecular formula is C24H23N3O4. The van der Waals surface area contributed by atoms with Gasteiger partial charge in [-0.25, -0.2) is 0 Å². The van der Waals surface area contributed by atoms with Crippen LogP contribution in [0.4, 0.5) is 5.82 Å². The van der Waals surface area contributed by atoms with E-state index in [1.807, 2.05) is 37.3 Å². The largest absolute Gasteiger partial charge is 0.493 e. The third-order valence-electron chi connectivity index (χ3n) is 4.24. The normalized spacial score (nSPS) is 10.9. The van der Waals surface area contributed by atoms with Crippen molar-refractivity contribution in [2.75, 3.05) is 18.5 Å². The first kappa shape index (κ1) is 21.7. The van der Waals surface area contributed by atoms with Gasteiger partial charge in [-0.15, -0.1) is 0 Å². The number of carbonyl (C=O) groups is 1. The average molecular weight is 417 g/mol. The summed E-state index contributed by atoms with van der Waals surface area (Å²) in [6, 6.07) is 18.5. The Morgan fingerprint density at radius 2 is 1.84 bits per heavy atom. The maximum Gasteiger partial charge on any atom is 0.267 e. The van der Waals surface area contributed by atoms with Crippen molar-refractivity contribution in [2.24, 2.45) is 0 Å². The lowest BCUT2D eigenvalue weighted by Crippen LogP contribution is -2.13. The van der Waals surface area contributed by atoms with Crippen molar-refractivity contribution in [3.05, 3.63) is 77.1 Å². The van der Waals surface area contributed by atoms with Crippen LogP contribution in [-0.4, -0.2) is 24.3 Å². The second kappa shape index (κ2) is 10.6. The molecule has 1 heterocycles. The summed E-state index contributed by atoms with van der Waals surface area (Å²) in [6.07, 6.45) is 2.25. The van der Waals surface area contributed by atoms with Gasteiger partial charge in [-0.05, 0) is 55.3 Å². The smallest absolute Gasteiger partial charge is 0.267 e. The number of hydrogen-bond donors (Lipinski definition) is 1. The third-order valence-corrected chi connectivity index (χ3v) is 4.24. The molecule has 0 aliphatic carbocycles. The summed E-state index contributed by atoms with van der Waals surface area (Å²) in [5.41, 5.74) is 1.83. The van der Waals surface area contributed by atoms with E-state index in [1.54, 1.807) is 37.3 Å². The van der Waals surface area contributed by atoms with Crippen molar-refractivity contribution >= 4 is 17.8 Å². The highest BCUT2D eigenvalue weighted by Crippen LogP contribution is 2.17. The Kier molecular flexibility index (Phi) is 7.44. The standard InChI is InChI=1S/C24H23N3O4/c1-17-5-3-6-22(13-17)30-12-4-11-29-21-9-7-19(8-10-21)15-20(16-25)24(28)26-23-14-18(2)31-27-23/h3,5-10,13-15H,4,11-12H2,1-2H3,(H,26,27,28)/b20-15-. The van der Waals surface area contributed by atoms with E-state index in [0.29, 0.717) is 30.3 Å². The molecule has 0 unspecified atom stereocenters. The molecule has 0 aliphatic rings. The van der Waals surface area contributed by atoms with E-state index in [1.165, 1.54) is 6.08 Å². The minimum absolute atomic E-state index is 0.0392. The average Bonchev–Trinajstić information content (AvgIpc) is 3.17. The number of nitriles is 1. The Balaban J connectivity index is 1.47. The van der Waals surface area contributed by atoms with Gasteiger partial charge in [0.25, 0.3) is 5.91 Å². The molecule has 31 heavy (non-hydrogen) atoms. The van der Waals surface area contributed by atoms with E-state index >= 15 is 0 Å². The maximum atomic E-state index is 12.2. The molecule has 0 saturated carbocycles. The summed E-state index contributed by atoms with van der Waals surface area (Å²) < 4.78 is 16.3. The van der Waals surface area contributed by atoms with Gasteiger partial charge in [0, 0.05) is 12.5 Å². The molecule has 1 aromatic heterocycles. The minimum atomic E-state index is -0.551. The van der Waals surface area contributed by atoms with E-state index in [4.69, 9.17) is 14.0 Å². The van der Waals surface area contributed by atoms with Crippen LogP contribution in [0.3, 0.4) is 0 Å². The highest BCUT2D eigenvalue weighted by atomic mass is 16.5. The van der Waals surface area contributed by atoms with Gasteiger partial charge in [-0.3, -0.25) is 4.79 Å². The predicted molar refractivity (Wildman–Crippen MR) is 117 cm³/mol. The number of aromatic nitrogens is 1. The van der Waals surface area contributed by atoms with Crippen LogP contribution < -0.4 is 14.8 Å². The second-order valence-corrected chi connectivity index (χ2v) is 6.88. The quantitative estimate of drug-likeness (QED) is 0.308. The Morgan fingerprint density at radius 3 is 2.48 bits per heavy atom. The van der Waals surface area contributed by atoms with Crippen molar-refractivity contribution in [2.45, 2.75) is 20.3 Å². The number of amides is 1. The number of anilines is 1. The summed E-state index contributed by atoms with van der Waals surface area (Å²) in [5, 5.41) is 15.5. The Morgan fingerprint density at radius 1 is 1.10 bits per heavy atom. The SMILES string of the molecule is Cc1cccc(OCCCOc2ccc(/C=C(/C#N)C(=O)Nc3cc(C)on3)cc2)c1. The number of nitrogens with zero attached hydrogens (tertiary/aromatic N) is 2. The number of ether oxygens (including phenoxy) is 2. The van der Waals surface area contributed by atoms with E-state index < -0.39 is 5.91 Å². The number of hydrogen-bond acceptors (Lipinski definition) is 6. The van der Waals surface area contributed by atoms with Crippen molar-refractivity contribution in [3.63, 3.8) is 0 Å². The lowest BCUT2D eigenvalue weighted by Gasteiger charge is -2.09. The zero-order valence-corrected chi connectivity index (χ0v) is 17.4. The van der Waals surface area contributed by atoms with Crippen LogP contribution in [0.15, 0.2) is 64.7 Å². The molecule has 0 radical (unpaired) electrons. The molecule has 0 aliphatic heterocycles. The molecule has 0 fully saturated rings. The molecule has 3 rings (SSSR count). The van der Waals surface area contributed by atoms with Gasteiger partial charge >= 0.3 is 0 Å². The fourth-order valence-corrected chi connectivity index (χ4v) is 2.73. The monoisotopic (exact) mass is 417 g/mol. The molecule has 158 valence electrons. The first-order valence-electron chi connectivity index (χ1n) is 9.82. The van der Waals surface area contributed by atoms with Gasteiger partial charge in [0.2, 0.25) is 0 Å². The second-order valence-electron chi connectivity index (χ2n) is 6.88. The van der Waals surface area contributed by atoms with Crippen LogP contribution in [0.1, 0.15) is 23.3 Å². The van der Waals surface area contributed by atoms with Crippen LogP contribution in [-0.2, 0) is 4.79 Å². The maximum absolute atomic E-state index is 12.2. The number of benzene rings is 2. The summed E-state index contributed by atoms with van der Waals surface area (Å²) in [5.74, 6) is 1.83. The molecular weight excluding hydrogens is 394 g/mol. The van der Waals surface area contributed by atoms with Crippen LogP contribution in [0.5, 0.6) is 11.5 Å². The fraction of sp³-hybridized carbons (Fsp3) is 0.208. The highest BCUT2D eigenvalue weighted by Gasteiger charge is 2.11. The molecule has 7 heteroatoms. The van der Waals surface area contributed by atoms with Crippen molar-refractivity contribution in [1.29, 1.82) is 5.26 Å². The number of rotatable bonds is 9. The fourth-order valence-electron chi connectivity index (χ4n) is 2.73. The summed E-state index contributed by atoms with van der Waals surface area (Å²) in [6.45, 7) is 4.82. The molecule has 0 spiro atoms. The van der Waals surface area contributed by atoms with Gasteiger partial charge in [-0.2, -0.15) is 5.26 Å². The lowest BCUT2D eigenvalue weighted by molar-refractivity contribution is -0.112. The zero-order valence-electron chi connectivity index (χ0n) is 17.4. The summed E-state index contributed by atoms with van der Waals surface area (Å²) in [7, 11) is 0. The Bertz CT molecular complexity index is 1090.